The molecule has 0 saturated carbocycles. The normalized spacial score (nSPS) is 11.6. The summed E-state index contributed by atoms with van der Waals surface area (Å²) in [5.41, 5.74) is 1.23. The van der Waals surface area contributed by atoms with Crippen LogP contribution in [0.5, 0.6) is 0 Å². The van der Waals surface area contributed by atoms with Crippen LogP contribution in [0.25, 0.3) is 16.7 Å². The number of aromatic nitrogens is 4. The zero-order valence-corrected chi connectivity index (χ0v) is 18.5. The molecule has 0 radical (unpaired) electrons. The van der Waals surface area contributed by atoms with Crippen LogP contribution >= 0.6 is 0 Å². The molecule has 0 aliphatic carbocycles. The SMILES string of the molecule is Cc1nc2c(cnn2-c2ccccc2)c(=O)n1CCC(=O)N(CC(C)C)CC(C)C. The van der Waals surface area contributed by atoms with Crippen molar-refractivity contribution in [2.45, 2.75) is 47.6 Å². The van der Waals surface area contributed by atoms with E-state index in [0.29, 0.717) is 35.2 Å². The first-order chi connectivity index (χ1) is 14.3. The fourth-order valence-corrected chi connectivity index (χ4v) is 3.65. The maximum Gasteiger partial charge on any atom is 0.264 e. The van der Waals surface area contributed by atoms with Crippen molar-refractivity contribution in [3.05, 3.63) is 52.7 Å². The maximum absolute atomic E-state index is 13.1. The van der Waals surface area contributed by atoms with E-state index in [1.54, 1.807) is 22.4 Å². The number of carbonyl (C=O) groups is 1. The summed E-state index contributed by atoms with van der Waals surface area (Å²) in [6, 6.07) is 9.61. The molecule has 1 amide bonds. The fraction of sp³-hybridized carbons (Fsp3) is 0.478. The van der Waals surface area contributed by atoms with E-state index in [4.69, 9.17) is 0 Å². The molecule has 0 N–H and O–H groups in total. The van der Waals surface area contributed by atoms with Gasteiger partial charge in [0.2, 0.25) is 5.91 Å². The predicted octanol–water partition coefficient (Wildman–Crippen LogP) is 3.42. The van der Waals surface area contributed by atoms with Crippen molar-refractivity contribution < 1.29 is 4.79 Å². The van der Waals surface area contributed by atoms with Crippen LogP contribution in [-0.4, -0.2) is 43.2 Å². The molecule has 0 atom stereocenters. The van der Waals surface area contributed by atoms with Gasteiger partial charge in [-0.25, -0.2) is 9.67 Å². The molecule has 3 rings (SSSR count). The highest BCUT2D eigenvalue weighted by molar-refractivity contribution is 5.77. The van der Waals surface area contributed by atoms with Crippen molar-refractivity contribution in [1.29, 1.82) is 0 Å². The Bertz CT molecular complexity index is 1060. The minimum absolute atomic E-state index is 0.0729. The second-order valence-electron chi connectivity index (χ2n) is 8.58. The molecule has 2 aromatic heterocycles. The Morgan fingerprint density at radius 1 is 1.07 bits per heavy atom. The standard InChI is InChI=1S/C23H31N5O2/c1-16(2)14-26(15-17(3)4)21(29)11-12-27-18(5)25-22-20(23(27)30)13-24-28(22)19-9-7-6-8-10-19/h6-10,13,16-17H,11-12,14-15H2,1-5H3. The van der Waals surface area contributed by atoms with E-state index in [9.17, 15) is 9.59 Å². The number of hydrogen-bond acceptors (Lipinski definition) is 4. The molecule has 160 valence electrons. The maximum atomic E-state index is 13.1. The number of carbonyl (C=O) groups excluding carboxylic acids is 1. The van der Waals surface area contributed by atoms with E-state index in [2.05, 4.69) is 37.8 Å². The summed E-state index contributed by atoms with van der Waals surface area (Å²) in [5, 5.41) is 4.82. The lowest BCUT2D eigenvalue weighted by Gasteiger charge is -2.26. The third kappa shape index (κ3) is 4.78. The zero-order valence-electron chi connectivity index (χ0n) is 18.5. The van der Waals surface area contributed by atoms with Gasteiger partial charge in [-0.1, -0.05) is 45.9 Å². The van der Waals surface area contributed by atoms with E-state index < -0.39 is 0 Å². The Labute approximate surface area is 177 Å². The quantitative estimate of drug-likeness (QED) is 0.571. The van der Waals surface area contributed by atoms with Crippen molar-refractivity contribution in [3.8, 4) is 5.69 Å². The second-order valence-corrected chi connectivity index (χ2v) is 8.58. The highest BCUT2D eigenvalue weighted by atomic mass is 16.2. The minimum Gasteiger partial charge on any atom is -0.342 e. The van der Waals surface area contributed by atoms with Gasteiger partial charge in [-0.15, -0.1) is 0 Å². The lowest BCUT2D eigenvalue weighted by molar-refractivity contribution is -0.132. The van der Waals surface area contributed by atoms with Crippen LogP contribution in [-0.2, 0) is 11.3 Å². The highest BCUT2D eigenvalue weighted by Gasteiger charge is 2.18. The summed E-state index contributed by atoms with van der Waals surface area (Å²) in [4.78, 5) is 32.5. The first-order valence-corrected chi connectivity index (χ1v) is 10.6. The molecule has 3 aromatic rings. The Balaban J connectivity index is 1.85. The van der Waals surface area contributed by atoms with Gasteiger partial charge >= 0.3 is 0 Å². The lowest BCUT2D eigenvalue weighted by Crippen LogP contribution is -2.38. The molecule has 0 aliphatic rings. The largest absolute Gasteiger partial charge is 0.342 e. The number of aryl methyl sites for hydroxylation is 1. The summed E-state index contributed by atoms with van der Waals surface area (Å²) in [6.45, 7) is 12.0. The first kappa shape index (κ1) is 21.7. The van der Waals surface area contributed by atoms with Gasteiger partial charge < -0.3 is 4.90 Å². The number of amides is 1. The summed E-state index contributed by atoms with van der Waals surface area (Å²) < 4.78 is 3.26. The second kappa shape index (κ2) is 9.24. The zero-order chi connectivity index (χ0) is 21.8. The Hall–Kier alpha value is -2.96. The van der Waals surface area contributed by atoms with E-state index in [0.717, 1.165) is 18.8 Å². The van der Waals surface area contributed by atoms with Crippen LogP contribution in [0.15, 0.2) is 41.3 Å². The van der Waals surface area contributed by atoms with Crippen LogP contribution < -0.4 is 5.56 Å². The van der Waals surface area contributed by atoms with Crippen LogP contribution in [0, 0.1) is 18.8 Å². The van der Waals surface area contributed by atoms with Crippen LogP contribution in [0.4, 0.5) is 0 Å². The molecule has 0 aliphatic heterocycles. The third-order valence-electron chi connectivity index (χ3n) is 4.95. The molecule has 7 heteroatoms. The van der Waals surface area contributed by atoms with Crippen molar-refractivity contribution in [2.24, 2.45) is 11.8 Å². The molecule has 0 fully saturated rings. The summed E-state index contributed by atoms with van der Waals surface area (Å²) in [5.74, 6) is 1.46. The number of rotatable bonds is 8. The van der Waals surface area contributed by atoms with Gasteiger partial charge in [0.1, 0.15) is 11.2 Å². The highest BCUT2D eigenvalue weighted by Crippen LogP contribution is 2.14. The number of benzene rings is 1. The van der Waals surface area contributed by atoms with E-state index in [1.807, 2.05) is 35.2 Å². The topological polar surface area (TPSA) is 73.0 Å². The molecule has 0 saturated heterocycles. The first-order valence-electron chi connectivity index (χ1n) is 10.6. The van der Waals surface area contributed by atoms with E-state index in [-0.39, 0.29) is 17.9 Å². The molecule has 0 bridgehead atoms. The lowest BCUT2D eigenvalue weighted by atomic mass is 10.1. The Morgan fingerprint density at radius 3 is 2.30 bits per heavy atom. The fourth-order valence-electron chi connectivity index (χ4n) is 3.65. The Morgan fingerprint density at radius 2 is 1.70 bits per heavy atom. The van der Waals surface area contributed by atoms with Gasteiger partial charge in [0.15, 0.2) is 5.65 Å². The van der Waals surface area contributed by atoms with Crippen molar-refractivity contribution in [1.82, 2.24) is 24.2 Å². The van der Waals surface area contributed by atoms with E-state index >= 15 is 0 Å². The van der Waals surface area contributed by atoms with Gasteiger partial charge in [0, 0.05) is 26.1 Å². The molecule has 30 heavy (non-hydrogen) atoms. The number of nitrogens with zero attached hydrogens (tertiary/aromatic N) is 5. The van der Waals surface area contributed by atoms with E-state index in [1.165, 1.54) is 0 Å². The Kier molecular flexibility index (Phi) is 6.70. The molecular weight excluding hydrogens is 378 g/mol. The number of hydrogen-bond donors (Lipinski definition) is 0. The van der Waals surface area contributed by atoms with Gasteiger partial charge in [0.25, 0.3) is 5.56 Å². The minimum atomic E-state index is -0.160. The molecule has 1 aromatic carbocycles. The average Bonchev–Trinajstić information content (AvgIpc) is 3.11. The molecule has 7 nitrogen and oxygen atoms in total. The number of para-hydroxylation sites is 1. The van der Waals surface area contributed by atoms with Crippen LogP contribution in [0.2, 0.25) is 0 Å². The molecule has 0 unspecified atom stereocenters. The van der Waals surface area contributed by atoms with Crippen LogP contribution in [0.1, 0.15) is 39.9 Å². The molecular formula is C23H31N5O2. The molecule has 2 heterocycles. The van der Waals surface area contributed by atoms with Crippen LogP contribution in [0.3, 0.4) is 0 Å². The van der Waals surface area contributed by atoms with Crippen molar-refractivity contribution in [2.75, 3.05) is 13.1 Å². The van der Waals surface area contributed by atoms with Gasteiger partial charge in [0.05, 0.1) is 11.9 Å². The third-order valence-corrected chi connectivity index (χ3v) is 4.95. The summed E-state index contributed by atoms with van der Waals surface area (Å²) in [6.07, 6.45) is 1.83. The number of fused-ring (bicyclic) bond motifs is 1. The molecule has 0 spiro atoms. The van der Waals surface area contributed by atoms with Gasteiger partial charge in [-0.2, -0.15) is 5.10 Å². The average molecular weight is 410 g/mol. The van der Waals surface area contributed by atoms with Crippen molar-refractivity contribution in [3.63, 3.8) is 0 Å². The smallest absolute Gasteiger partial charge is 0.264 e. The summed E-state index contributed by atoms with van der Waals surface area (Å²) in [7, 11) is 0. The summed E-state index contributed by atoms with van der Waals surface area (Å²) >= 11 is 0. The monoisotopic (exact) mass is 409 g/mol. The van der Waals surface area contributed by atoms with Crippen molar-refractivity contribution >= 4 is 16.9 Å². The van der Waals surface area contributed by atoms with Gasteiger partial charge in [-0.05, 0) is 30.9 Å². The predicted molar refractivity (Wildman–Crippen MR) is 119 cm³/mol. The van der Waals surface area contributed by atoms with Gasteiger partial charge in [-0.3, -0.25) is 14.2 Å².